The summed E-state index contributed by atoms with van der Waals surface area (Å²) in [5, 5.41) is 1.18. The molecule has 1 aliphatic carbocycles. The van der Waals surface area contributed by atoms with Gasteiger partial charge in [0.15, 0.2) is 0 Å². The zero-order valence-electron chi connectivity index (χ0n) is 11.5. The van der Waals surface area contributed by atoms with E-state index in [4.69, 9.17) is 10.8 Å². The van der Waals surface area contributed by atoms with Gasteiger partial charge in [-0.05, 0) is 43.2 Å². The Labute approximate surface area is 114 Å². The summed E-state index contributed by atoms with van der Waals surface area (Å²) in [6, 6.07) is 6.44. The molecule has 1 aliphatic rings. The monoisotopic (exact) mass is 255 g/mol. The van der Waals surface area contributed by atoms with Crippen LogP contribution in [0.1, 0.15) is 43.0 Å². The molecule has 3 rings (SSSR count). The minimum Gasteiger partial charge on any atom is -0.323 e. The third kappa shape index (κ3) is 2.08. The predicted octanol–water partition coefficient (Wildman–Crippen LogP) is 3.35. The SMILES string of the molecule is CCCc1cccc2c(NN)c3c(nc12)CCCC3. The number of hydrazine groups is 1. The van der Waals surface area contributed by atoms with Crippen molar-refractivity contribution >= 4 is 16.6 Å². The van der Waals surface area contributed by atoms with Gasteiger partial charge >= 0.3 is 0 Å². The van der Waals surface area contributed by atoms with Crippen LogP contribution in [0.15, 0.2) is 18.2 Å². The molecule has 0 unspecified atom stereocenters. The van der Waals surface area contributed by atoms with Crippen LogP contribution >= 0.6 is 0 Å². The summed E-state index contributed by atoms with van der Waals surface area (Å²) in [5.41, 5.74) is 9.07. The second kappa shape index (κ2) is 5.17. The van der Waals surface area contributed by atoms with Gasteiger partial charge in [-0.1, -0.05) is 31.5 Å². The van der Waals surface area contributed by atoms with Crippen molar-refractivity contribution in [1.29, 1.82) is 0 Å². The van der Waals surface area contributed by atoms with Gasteiger partial charge in [-0.2, -0.15) is 0 Å². The molecule has 3 nitrogen and oxygen atoms in total. The molecule has 1 aromatic heterocycles. The number of anilines is 1. The van der Waals surface area contributed by atoms with E-state index in [0.29, 0.717) is 0 Å². The molecule has 0 atom stereocenters. The van der Waals surface area contributed by atoms with E-state index in [9.17, 15) is 0 Å². The van der Waals surface area contributed by atoms with Crippen LogP contribution in [0.5, 0.6) is 0 Å². The van der Waals surface area contributed by atoms with E-state index in [1.165, 1.54) is 35.0 Å². The fraction of sp³-hybridized carbons (Fsp3) is 0.438. The zero-order valence-corrected chi connectivity index (χ0v) is 11.5. The van der Waals surface area contributed by atoms with Crippen LogP contribution < -0.4 is 11.3 Å². The number of hydrogen-bond acceptors (Lipinski definition) is 3. The molecule has 0 bridgehead atoms. The van der Waals surface area contributed by atoms with Crippen LogP contribution in [0, 0.1) is 0 Å². The minimum atomic E-state index is 1.08. The second-order valence-electron chi connectivity index (χ2n) is 5.33. The molecule has 3 N–H and O–H groups in total. The highest BCUT2D eigenvalue weighted by Crippen LogP contribution is 2.34. The number of nitrogens with one attached hydrogen (secondary N) is 1. The number of para-hydroxylation sites is 1. The van der Waals surface area contributed by atoms with E-state index in [-0.39, 0.29) is 0 Å². The van der Waals surface area contributed by atoms with Crippen molar-refractivity contribution in [1.82, 2.24) is 4.98 Å². The topological polar surface area (TPSA) is 50.9 Å². The summed E-state index contributed by atoms with van der Waals surface area (Å²) in [6.07, 6.45) is 6.88. The van der Waals surface area contributed by atoms with Crippen LogP contribution in [-0.4, -0.2) is 4.98 Å². The maximum Gasteiger partial charge on any atom is 0.0758 e. The van der Waals surface area contributed by atoms with Crippen molar-refractivity contribution in [2.75, 3.05) is 5.43 Å². The Hall–Kier alpha value is -1.61. The predicted molar refractivity (Wildman–Crippen MR) is 80.2 cm³/mol. The molecule has 0 amide bonds. The number of aryl methyl sites for hydroxylation is 2. The van der Waals surface area contributed by atoms with E-state index in [1.54, 1.807) is 0 Å². The van der Waals surface area contributed by atoms with E-state index in [1.807, 2.05) is 0 Å². The number of rotatable bonds is 3. The zero-order chi connectivity index (χ0) is 13.2. The Balaban J connectivity index is 2.29. The van der Waals surface area contributed by atoms with Gasteiger partial charge in [-0.15, -0.1) is 0 Å². The lowest BCUT2D eigenvalue weighted by molar-refractivity contribution is 0.672. The molecule has 0 fully saturated rings. The van der Waals surface area contributed by atoms with Gasteiger partial charge in [0.25, 0.3) is 0 Å². The summed E-state index contributed by atoms with van der Waals surface area (Å²) < 4.78 is 0. The molecule has 2 aromatic rings. The second-order valence-corrected chi connectivity index (χ2v) is 5.33. The molecular formula is C16H21N3. The average Bonchev–Trinajstić information content (AvgIpc) is 2.45. The number of aromatic nitrogens is 1. The van der Waals surface area contributed by atoms with Crippen molar-refractivity contribution in [3.63, 3.8) is 0 Å². The fourth-order valence-corrected chi connectivity index (χ4v) is 3.14. The van der Waals surface area contributed by atoms with Crippen molar-refractivity contribution in [3.05, 3.63) is 35.0 Å². The van der Waals surface area contributed by atoms with Crippen LogP contribution in [-0.2, 0) is 19.3 Å². The van der Waals surface area contributed by atoms with Gasteiger partial charge < -0.3 is 5.43 Å². The molecule has 0 saturated carbocycles. The molecule has 100 valence electrons. The van der Waals surface area contributed by atoms with Crippen molar-refractivity contribution in [3.8, 4) is 0 Å². The van der Waals surface area contributed by atoms with E-state index < -0.39 is 0 Å². The lowest BCUT2D eigenvalue weighted by Gasteiger charge is -2.21. The first kappa shape index (κ1) is 12.4. The van der Waals surface area contributed by atoms with E-state index >= 15 is 0 Å². The first-order valence-electron chi connectivity index (χ1n) is 7.25. The van der Waals surface area contributed by atoms with Crippen LogP contribution in [0.25, 0.3) is 10.9 Å². The third-order valence-electron chi connectivity index (χ3n) is 4.04. The Morgan fingerprint density at radius 2 is 2.11 bits per heavy atom. The first-order chi connectivity index (χ1) is 9.35. The number of hydrogen-bond donors (Lipinski definition) is 2. The molecule has 1 aromatic carbocycles. The Kier molecular flexibility index (Phi) is 3.38. The summed E-state index contributed by atoms with van der Waals surface area (Å²) >= 11 is 0. The van der Waals surface area contributed by atoms with Gasteiger partial charge in [0, 0.05) is 11.1 Å². The highest BCUT2D eigenvalue weighted by Gasteiger charge is 2.18. The molecule has 1 heterocycles. The Morgan fingerprint density at radius 3 is 2.89 bits per heavy atom. The number of nitrogens with two attached hydrogens (primary N) is 1. The fourth-order valence-electron chi connectivity index (χ4n) is 3.14. The largest absolute Gasteiger partial charge is 0.323 e. The standard InChI is InChI=1S/C16H21N3/c1-2-6-11-7-5-9-13-15(11)18-14-10-4-3-8-12(14)16(13)19-17/h5,7,9H,2-4,6,8,10,17H2,1H3,(H,18,19). The normalized spacial score (nSPS) is 14.4. The molecule has 0 aliphatic heterocycles. The number of fused-ring (bicyclic) bond motifs is 2. The maximum absolute atomic E-state index is 5.79. The van der Waals surface area contributed by atoms with Crippen molar-refractivity contribution in [2.45, 2.75) is 45.4 Å². The highest BCUT2D eigenvalue weighted by atomic mass is 15.2. The number of pyridine rings is 1. The summed E-state index contributed by atoms with van der Waals surface area (Å²) in [5.74, 6) is 5.79. The maximum atomic E-state index is 5.79. The Bertz CT molecular complexity index is 604. The van der Waals surface area contributed by atoms with Crippen LogP contribution in [0.2, 0.25) is 0 Å². The van der Waals surface area contributed by atoms with Gasteiger partial charge in [-0.3, -0.25) is 10.8 Å². The lowest BCUT2D eigenvalue weighted by atomic mass is 9.92. The van der Waals surface area contributed by atoms with E-state index in [2.05, 4.69) is 30.5 Å². The number of nitrogens with zero attached hydrogens (tertiary/aromatic N) is 1. The molecule has 0 radical (unpaired) electrons. The van der Waals surface area contributed by atoms with Crippen LogP contribution in [0.4, 0.5) is 5.69 Å². The minimum absolute atomic E-state index is 1.08. The summed E-state index contributed by atoms with van der Waals surface area (Å²) in [6.45, 7) is 2.21. The third-order valence-corrected chi connectivity index (χ3v) is 4.04. The van der Waals surface area contributed by atoms with Gasteiger partial charge in [0.1, 0.15) is 0 Å². The van der Waals surface area contributed by atoms with Gasteiger partial charge in [0.2, 0.25) is 0 Å². The van der Waals surface area contributed by atoms with Gasteiger partial charge in [0.05, 0.1) is 11.2 Å². The smallest absolute Gasteiger partial charge is 0.0758 e. The average molecular weight is 255 g/mol. The van der Waals surface area contributed by atoms with Crippen LogP contribution in [0.3, 0.4) is 0 Å². The quantitative estimate of drug-likeness (QED) is 0.653. The summed E-state index contributed by atoms with van der Waals surface area (Å²) in [4.78, 5) is 4.95. The Morgan fingerprint density at radius 1 is 1.26 bits per heavy atom. The van der Waals surface area contributed by atoms with Crippen molar-refractivity contribution < 1.29 is 0 Å². The molecule has 19 heavy (non-hydrogen) atoms. The molecule has 3 heteroatoms. The number of nitrogen functional groups attached to an aromatic ring is 1. The first-order valence-corrected chi connectivity index (χ1v) is 7.25. The highest BCUT2D eigenvalue weighted by molar-refractivity contribution is 5.95. The molecule has 0 spiro atoms. The van der Waals surface area contributed by atoms with Crippen molar-refractivity contribution in [2.24, 2.45) is 5.84 Å². The lowest BCUT2D eigenvalue weighted by Crippen LogP contribution is -2.15. The summed E-state index contributed by atoms with van der Waals surface area (Å²) in [7, 11) is 0. The van der Waals surface area contributed by atoms with E-state index in [0.717, 1.165) is 36.9 Å². The van der Waals surface area contributed by atoms with Gasteiger partial charge in [-0.25, -0.2) is 0 Å². The molecular weight excluding hydrogens is 234 g/mol. The molecule has 0 saturated heterocycles. The number of benzene rings is 1.